The fourth-order valence-electron chi connectivity index (χ4n) is 3.88. The normalized spacial score (nSPS) is 11.5. The lowest BCUT2D eigenvalue weighted by Gasteiger charge is -2.13. The third-order valence-electron chi connectivity index (χ3n) is 5.93. The summed E-state index contributed by atoms with van der Waals surface area (Å²) in [5.41, 5.74) is 4.22. The van der Waals surface area contributed by atoms with E-state index in [4.69, 9.17) is 9.68 Å². The van der Waals surface area contributed by atoms with Crippen molar-refractivity contribution in [2.75, 3.05) is 17.3 Å². The number of para-hydroxylation sites is 1. The molecule has 0 unspecified atom stereocenters. The van der Waals surface area contributed by atoms with Gasteiger partial charge in [0.25, 0.3) is 5.91 Å². The Bertz CT molecular complexity index is 1440. The zero-order valence-electron chi connectivity index (χ0n) is 20.8. The van der Waals surface area contributed by atoms with E-state index in [2.05, 4.69) is 21.7 Å². The molecule has 1 amide bonds. The summed E-state index contributed by atoms with van der Waals surface area (Å²) in [4.78, 5) is 28.4. The highest BCUT2D eigenvalue weighted by molar-refractivity contribution is 7.98. The van der Waals surface area contributed by atoms with Gasteiger partial charge < -0.3 is 24.7 Å². The minimum atomic E-state index is -1.08. The molecule has 2 aromatic heterocycles. The van der Waals surface area contributed by atoms with Gasteiger partial charge in [0.15, 0.2) is 5.76 Å². The number of rotatable bonds is 12. The Labute approximate surface area is 224 Å². The third kappa shape index (κ3) is 6.63. The molecule has 0 aliphatic heterocycles. The zero-order valence-corrected chi connectivity index (χ0v) is 21.6. The van der Waals surface area contributed by atoms with Gasteiger partial charge in [-0.05, 0) is 60.4 Å². The van der Waals surface area contributed by atoms with E-state index >= 15 is 0 Å². The van der Waals surface area contributed by atoms with Crippen LogP contribution in [0.25, 0.3) is 11.3 Å². The van der Waals surface area contributed by atoms with Crippen molar-refractivity contribution in [3.05, 3.63) is 95.8 Å². The number of nitriles is 1. The van der Waals surface area contributed by atoms with E-state index in [1.54, 1.807) is 36.8 Å². The maximum Gasteiger partial charge on any atom is 0.326 e. The van der Waals surface area contributed by atoms with Crippen LogP contribution in [0.4, 0.5) is 5.69 Å². The topological polar surface area (TPSA) is 133 Å². The number of carboxylic acids is 1. The summed E-state index contributed by atoms with van der Waals surface area (Å²) in [6, 6.07) is 19.4. The molecule has 2 aromatic carbocycles. The second-order valence-corrected chi connectivity index (χ2v) is 9.52. The van der Waals surface area contributed by atoms with Crippen LogP contribution in [0.5, 0.6) is 0 Å². The third-order valence-corrected chi connectivity index (χ3v) is 6.57. The van der Waals surface area contributed by atoms with E-state index in [-0.39, 0.29) is 5.76 Å². The lowest BCUT2D eigenvalue weighted by atomic mass is 10.1. The highest BCUT2D eigenvalue weighted by atomic mass is 32.2. The molecule has 3 N–H and O–H groups in total. The number of aromatic nitrogens is 2. The number of hydrogen-bond donors (Lipinski definition) is 3. The molecule has 0 fully saturated rings. The monoisotopic (exact) mass is 529 g/mol. The lowest BCUT2D eigenvalue weighted by Crippen LogP contribution is -2.41. The van der Waals surface area contributed by atoms with Crippen molar-refractivity contribution in [1.82, 2.24) is 14.9 Å². The fraction of sp³-hybridized carbons (Fsp3) is 0.214. The number of amides is 1. The number of hydrogen-bond acceptors (Lipinski definition) is 7. The second-order valence-electron chi connectivity index (χ2n) is 8.53. The molecule has 38 heavy (non-hydrogen) atoms. The van der Waals surface area contributed by atoms with Crippen molar-refractivity contribution in [1.29, 1.82) is 5.26 Å². The molecule has 0 aliphatic rings. The number of carbonyl (C=O) groups excluding carboxylic acids is 1. The smallest absolute Gasteiger partial charge is 0.326 e. The van der Waals surface area contributed by atoms with E-state index < -0.39 is 17.9 Å². The van der Waals surface area contributed by atoms with Gasteiger partial charge in [0, 0.05) is 24.0 Å². The first-order valence-corrected chi connectivity index (χ1v) is 13.3. The predicted molar refractivity (Wildman–Crippen MR) is 146 cm³/mol. The zero-order chi connectivity index (χ0) is 26.9. The molecule has 1 atom stereocenters. The molecule has 2 heterocycles. The standard InChI is InChI=1S/C28H27N5O4S/c1-38-13-12-24(28(35)36)32-27(34)26-11-10-25(37-26)22-4-2-3-5-23(22)31-16-21-15-30-18-33(21)17-20-8-6-19(14-29)7-9-20/h2-11,15,18,24,31H,12-13,16-17H2,1H3,(H,32,34)(H,35,36)/t24-/m0/s1. The molecule has 10 heteroatoms. The Morgan fingerprint density at radius 1 is 1.16 bits per heavy atom. The van der Waals surface area contributed by atoms with Crippen LogP contribution in [0.3, 0.4) is 0 Å². The molecule has 9 nitrogen and oxygen atoms in total. The van der Waals surface area contributed by atoms with Gasteiger partial charge in [-0.15, -0.1) is 0 Å². The number of nitrogens with one attached hydrogen (secondary N) is 2. The minimum Gasteiger partial charge on any atom is -0.480 e. The molecule has 0 saturated heterocycles. The van der Waals surface area contributed by atoms with Gasteiger partial charge in [-0.2, -0.15) is 17.0 Å². The average Bonchev–Trinajstić information content (AvgIpc) is 3.60. The van der Waals surface area contributed by atoms with Crippen molar-refractivity contribution >= 4 is 29.3 Å². The number of benzene rings is 2. The van der Waals surface area contributed by atoms with Crippen LogP contribution in [-0.2, 0) is 17.9 Å². The summed E-state index contributed by atoms with van der Waals surface area (Å²) in [6.07, 6.45) is 5.77. The van der Waals surface area contributed by atoms with Crippen molar-refractivity contribution in [2.24, 2.45) is 0 Å². The molecule has 0 radical (unpaired) electrons. The Morgan fingerprint density at radius 2 is 1.95 bits per heavy atom. The Kier molecular flexibility index (Phi) is 8.85. The highest BCUT2D eigenvalue weighted by Crippen LogP contribution is 2.30. The molecular formula is C28H27N5O4S. The molecule has 0 bridgehead atoms. The summed E-state index contributed by atoms with van der Waals surface area (Å²) in [5.74, 6) is -0.494. The van der Waals surface area contributed by atoms with Crippen molar-refractivity contribution in [3.8, 4) is 17.4 Å². The minimum absolute atomic E-state index is 0.0469. The predicted octanol–water partition coefficient (Wildman–Crippen LogP) is 4.61. The van der Waals surface area contributed by atoms with Crippen molar-refractivity contribution in [2.45, 2.75) is 25.6 Å². The van der Waals surface area contributed by atoms with Gasteiger partial charge in [0.05, 0.1) is 30.2 Å². The first-order chi connectivity index (χ1) is 18.5. The van der Waals surface area contributed by atoms with E-state index in [0.717, 1.165) is 22.5 Å². The second kappa shape index (κ2) is 12.7. The number of furan rings is 1. The Hall–Kier alpha value is -4.49. The number of aliphatic carboxylic acids is 1. The molecule has 4 aromatic rings. The van der Waals surface area contributed by atoms with Gasteiger partial charge in [0.1, 0.15) is 11.8 Å². The van der Waals surface area contributed by atoms with Crippen LogP contribution in [0.15, 0.2) is 77.6 Å². The van der Waals surface area contributed by atoms with E-state index in [0.29, 0.717) is 36.6 Å². The van der Waals surface area contributed by atoms with Gasteiger partial charge in [-0.3, -0.25) is 4.79 Å². The van der Waals surface area contributed by atoms with Gasteiger partial charge >= 0.3 is 5.97 Å². The van der Waals surface area contributed by atoms with Crippen molar-refractivity contribution < 1.29 is 19.1 Å². The first-order valence-electron chi connectivity index (χ1n) is 11.9. The van der Waals surface area contributed by atoms with Crippen LogP contribution in [-0.4, -0.2) is 44.6 Å². The summed E-state index contributed by atoms with van der Waals surface area (Å²) in [5, 5.41) is 24.4. The number of thioether (sulfide) groups is 1. The molecule has 0 saturated carbocycles. The van der Waals surface area contributed by atoms with E-state index in [1.165, 1.54) is 11.8 Å². The number of carboxylic acid groups (broad SMARTS) is 1. The average molecular weight is 530 g/mol. The Balaban J connectivity index is 1.44. The van der Waals surface area contributed by atoms with Gasteiger partial charge in [-0.25, -0.2) is 9.78 Å². The maximum atomic E-state index is 12.6. The largest absolute Gasteiger partial charge is 0.480 e. The fourth-order valence-corrected chi connectivity index (χ4v) is 4.36. The number of anilines is 1. The summed E-state index contributed by atoms with van der Waals surface area (Å²) in [7, 11) is 0. The summed E-state index contributed by atoms with van der Waals surface area (Å²) < 4.78 is 7.86. The van der Waals surface area contributed by atoms with E-state index in [9.17, 15) is 14.7 Å². The Morgan fingerprint density at radius 3 is 2.68 bits per heavy atom. The molecule has 0 spiro atoms. The number of nitrogens with zero attached hydrogens (tertiary/aromatic N) is 3. The molecular weight excluding hydrogens is 502 g/mol. The van der Waals surface area contributed by atoms with E-state index in [1.807, 2.05) is 47.2 Å². The number of carbonyl (C=O) groups is 2. The van der Waals surface area contributed by atoms with Crippen LogP contribution >= 0.6 is 11.8 Å². The molecule has 194 valence electrons. The van der Waals surface area contributed by atoms with Crippen molar-refractivity contribution in [3.63, 3.8) is 0 Å². The first kappa shape index (κ1) is 26.6. The van der Waals surface area contributed by atoms with Crippen LogP contribution < -0.4 is 10.6 Å². The number of imidazole rings is 1. The molecule has 0 aliphatic carbocycles. The quantitative estimate of drug-likeness (QED) is 0.242. The SMILES string of the molecule is CSCC[C@H](NC(=O)c1ccc(-c2ccccc2NCc2cncn2Cc2ccc(C#N)cc2)o1)C(=O)O. The maximum absolute atomic E-state index is 12.6. The summed E-state index contributed by atoms with van der Waals surface area (Å²) in [6.45, 7) is 1.12. The van der Waals surface area contributed by atoms with Crippen LogP contribution in [0.1, 0.15) is 33.8 Å². The van der Waals surface area contributed by atoms with Crippen LogP contribution in [0.2, 0.25) is 0 Å². The molecule has 4 rings (SSSR count). The van der Waals surface area contributed by atoms with Crippen LogP contribution in [0, 0.1) is 11.3 Å². The van der Waals surface area contributed by atoms with Gasteiger partial charge in [0.2, 0.25) is 0 Å². The highest BCUT2D eigenvalue weighted by Gasteiger charge is 2.22. The van der Waals surface area contributed by atoms with Gasteiger partial charge in [-0.1, -0.05) is 24.3 Å². The summed E-state index contributed by atoms with van der Waals surface area (Å²) >= 11 is 1.52. The lowest BCUT2D eigenvalue weighted by molar-refractivity contribution is -0.139.